The van der Waals surface area contributed by atoms with E-state index in [0.29, 0.717) is 0 Å². The van der Waals surface area contributed by atoms with E-state index in [9.17, 15) is 0 Å². The molecule has 2 aliphatic carbocycles. The van der Waals surface area contributed by atoms with Gasteiger partial charge in [0.05, 0.1) is 16.5 Å². The predicted octanol–water partition coefficient (Wildman–Crippen LogP) is 17.6. The molecule has 0 fully saturated rings. The summed E-state index contributed by atoms with van der Waals surface area (Å²) < 4.78 is 7.00. The van der Waals surface area contributed by atoms with Crippen molar-refractivity contribution in [1.29, 1.82) is 0 Å². The third-order valence-electron chi connectivity index (χ3n) is 14.5. The lowest BCUT2D eigenvalue weighted by atomic mass is 9.70. The molecule has 12 aromatic rings. The molecule has 11 aromatic carbocycles. The molecule has 0 amide bonds. The lowest BCUT2D eigenvalue weighted by Crippen LogP contribution is -2.26. The number of hydrogen-bond donors (Lipinski definition) is 0. The molecule has 312 valence electrons. The molecule has 1 heterocycles. The molecule has 0 aliphatic heterocycles. The Hall–Kier alpha value is -8.72. The van der Waals surface area contributed by atoms with Crippen molar-refractivity contribution in [1.82, 2.24) is 0 Å². The first-order chi connectivity index (χ1) is 33.2. The van der Waals surface area contributed by atoms with Gasteiger partial charge < -0.3 is 9.32 Å². The van der Waals surface area contributed by atoms with E-state index in [1.54, 1.807) is 0 Å². The van der Waals surface area contributed by atoms with Crippen LogP contribution in [0.5, 0.6) is 0 Å². The Morgan fingerprint density at radius 2 is 0.776 bits per heavy atom. The highest BCUT2D eigenvalue weighted by Crippen LogP contribution is 2.63. The zero-order valence-electron chi connectivity index (χ0n) is 36.5. The number of benzene rings is 11. The van der Waals surface area contributed by atoms with Crippen LogP contribution in [0.4, 0.5) is 17.1 Å². The number of furan rings is 1. The molecule has 0 saturated heterocycles. The fourth-order valence-electron chi connectivity index (χ4n) is 11.6. The molecule has 0 bridgehead atoms. The van der Waals surface area contributed by atoms with Crippen molar-refractivity contribution in [2.45, 2.75) is 5.41 Å². The maximum absolute atomic E-state index is 7.00. The molecule has 0 radical (unpaired) electrons. The molecular weight excluding hydrogens is 811 g/mol. The molecule has 0 saturated carbocycles. The monoisotopic (exact) mass is 851 g/mol. The van der Waals surface area contributed by atoms with Gasteiger partial charge in [0.25, 0.3) is 0 Å². The van der Waals surface area contributed by atoms with Gasteiger partial charge in [0, 0.05) is 16.8 Å². The second-order valence-corrected chi connectivity index (χ2v) is 17.9. The Balaban J connectivity index is 1.06. The molecule has 67 heavy (non-hydrogen) atoms. The minimum atomic E-state index is -0.492. The lowest BCUT2D eigenvalue weighted by molar-refractivity contribution is 0.669. The van der Waals surface area contributed by atoms with E-state index in [0.717, 1.165) is 50.1 Å². The van der Waals surface area contributed by atoms with Crippen LogP contribution < -0.4 is 4.90 Å². The van der Waals surface area contributed by atoms with E-state index < -0.39 is 5.41 Å². The molecule has 1 spiro atoms. The SMILES string of the molecule is c1ccc(-c2ccc(-c3cc(N(c4ccc(-c5ccccc5)cc4)c4ccc5c(c4)C4(c6ccccc6-c6ccccc64)c4ccccc4-5)c4c(c3)oc3ccc5ccccc5c34)cc2)cc1. The summed E-state index contributed by atoms with van der Waals surface area (Å²) in [4.78, 5) is 2.49. The van der Waals surface area contributed by atoms with E-state index in [2.05, 4.69) is 254 Å². The second kappa shape index (κ2) is 14.7. The highest BCUT2D eigenvalue weighted by Gasteiger charge is 2.51. The van der Waals surface area contributed by atoms with Crippen LogP contribution in [-0.2, 0) is 5.41 Å². The maximum Gasteiger partial charge on any atom is 0.138 e. The Labute approximate surface area is 389 Å². The van der Waals surface area contributed by atoms with Crippen LogP contribution in [0.2, 0.25) is 0 Å². The fourth-order valence-corrected chi connectivity index (χ4v) is 11.6. The largest absolute Gasteiger partial charge is 0.456 e. The van der Waals surface area contributed by atoms with Gasteiger partial charge in [-0.25, -0.2) is 0 Å². The normalized spacial score (nSPS) is 12.9. The molecule has 0 atom stereocenters. The van der Waals surface area contributed by atoms with E-state index in [-0.39, 0.29) is 0 Å². The Bertz CT molecular complexity index is 3840. The van der Waals surface area contributed by atoms with E-state index >= 15 is 0 Å². The van der Waals surface area contributed by atoms with Gasteiger partial charge >= 0.3 is 0 Å². The molecule has 14 rings (SSSR count). The van der Waals surface area contributed by atoms with Gasteiger partial charge in [0.1, 0.15) is 11.2 Å². The van der Waals surface area contributed by atoms with E-state index in [1.807, 2.05) is 0 Å². The Morgan fingerprint density at radius 1 is 0.299 bits per heavy atom. The molecule has 1 aromatic heterocycles. The van der Waals surface area contributed by atoms with Crippen LogP contribution >= 0.6 is 0 Å². The average Bonchev–Trinajstić information content (AvgIpc) is 4.04. The Morgan fingerprint density at radius 3 is 1.39 bits per heavy atom. The number of hydrogen-bond acceptors (Lipinski definition) is 2. The number of anilines is 3. The van der Waals surface area contributed by atoms with Crippen molar-refractivity contribution >= 4 is 49.8 Å². The van der Waals surface area contributed by atoms with Crippen molar-refractivity contribution in [2.75, 3.05) is 4.90 Å². The van der Waals surface area contributed by atoms with Gasteiger partial charge in [0.15, 0.2) is 0 Å². The summed E-state index contributed by atoms with van der Waals surface area (Å²) in [5.74, 6) is 0. The van der Waals surface area contributed by atoms with Crippen LogP contribution in [0, 0.1) is 0 Å². The second-order valence-electron chi connectivity index (χ2n) is 17.9. The lowest BCUT2D eigenvalue weighted by Gasteiger charge is -2.32. The first kappa shape index (κ1) is 37.6. The van der Waals surface area contributed by atoms with Crippen LogP contribution in [0.25, 0.3) is 88.3 Å². The van der Waals surface area contributed by atoms with Crippen molar-refractivity contribution in [2.24, 2.45) is 0 Å². The predicted molar refractivity (Wildman–Crippen MR) is 279 cm³/mol. The van der Waals surface area contributed by atoms with Crippen molar-refractivity contribution in [3.05, 3.63) is 271 Å². The zero-order chi connectivity index (χ0) is 44.1. The summed E-state index contributed by atoms with van der Waals surface area (Å²) in [6.07, 6.45) is 0. The number of nitrogens with zero attached hydrogens (tertiary/aromatic N) is 1. The highest BCUT2D eigenvalue weighted by atomic mass is 16.3. The van der Waals surface area contributed by atoms with Gasteiger partial charge in [-0.2, -0.15) is 0 Å². The summed E-state index contributed by atoms with van der Waals surface area (Å²) in [5.41, 5.74) is 21.8. The van der Waals surface area contributed by atoms with Gasteiger partial charge in [-0.15, -0.1) is 0 Å². The molecule has 0 unspecified atom stereocenters. The topological polar surface area (TPSA) is 16.4 Å². The molecule has 0 N–H and O–H groups in total. The van der Waals surface area contributed by atoms with Gasteiger partial charge in [-0.3, -0.25) is 0 Å². The van der Waals surface area contributed by atoms with Crippen LogP contribution in [-0.4, -0.2) is 0 Å². The van der Waals surface area contributed by atoms with Crippen LogP contribution in [0.1, 0.15) is 22.3 Å². The zero-order valence-corrected chi connectivity index (χ0v) is 36.5. The molecule has 2 heteroatoms. The van der Waals surface area contributed by atoms with E-state index in [4.69, 9.17) is 4.42 Å². The summed E-state index contributed by atoms with van der Waals surface area (Å²) in [6.45, 7) is 0. The van der Waals surface area contributed by atoms with Crippen molar-refractivity contribution in [3.8, 4) is 55.6 Å². The van der Waals surface area contributed by atoms with Gasteiger partial charge in [-0.1, -0.05) is 206 Å². The van der Waals surface area contributed by atoms with Crippen molar-refractivity contribution < 1.29 is 4.42 Å². The molecule has 2 nitrogen and oxygen atoms in total. The minimum absolute atomic E-state index is 0.492. The smallest absolute Gasteiger partial charge is 0.138 e. The number of rotatable bonds is 6. The van der Waals surface area contributed by atoms with Crippen molar-refractivity contribution in [3.63, 3.8) is 0 Å². The summed E-state index contributed by atoms with van der Waals surface area (Å²) in [5, 5.41) is 4.54. The summed E-state index contributed by atoms with van der Waals surface area (Å²) in [6, 6.07) is 91.3. The third kappa shape index (κ3) is 5.57. The first-order valence-corrected chi connectivity index (χ1v) is 23.2. The average molecular weight is 852 g/mol. The standard InChI is InChI=1S/C65H41NO/c1-3-15-42(16-4-1)44-27-29-46(30-28-44)48-39-60(64-62(40-48)67-61-38-33-47-19-7-8-20-51(47)63(61)64)66(49-34-31-45(32-35-49)43-17-5-2-6-18-43)50-36-37-55-54-23-11-14-26-58(54)65(59(55)41-50)56-24-12-9-21-52(56)53-22-10-13-25-57(53)65/h1-41H. The third-order valence-corrected chi connectivity index (χ3v) is 14.5. The fraction of sp³-hybridized carbons (Fsp3) is 0.0154. The Kier molecular flexibility index (Phi) is 8.23. The highest BCUT2D eigenvalue weighted by molar-refractivity contribution is 6.24. The number of fused-ring (bicyclic) bond motifs is 15. The first-order valence-electron chi connectivity index (χ1n) is 23.2. The van der Waals surface area contributed by atoms with Gasteiger partial charge in [0.2, 0.25) is 0 Å². The molecular formula is C65H41NO. The van der Waals surface area contributed by atoms with Crippen LogP contribution in [0.3, 0.4) is 0 Å². The van der Waals surface area contributed by atoms with Crippen LogP contribution in [0.15, 0.2) is 253 Å². The molecule has 2 aliphatic rings. The quantitative estimate of drug-likeness (QED) is 0.166. The summed E-state index contributed by atoms with van der Waals surface area (Å²) >= 11 is 0. The minimum Gasteiger partial charge on any atom is -0.456 e. The van der Waals surface area contributed by atoms with E-state index in [1.165, 1.54) is 77.5 Å². The maximum atomic E-state index is 7.00. The van der Waals surface area contributed by atoms with Gasteiger partial charge in [-0.05, 0) is 131 Å². The summed E-state index contributed by atoms with van der Waals surface area (Å²) in [7, 11) is 0.